The molecule has 3 nitrogen and oxygen atoms in total. The van der Waals surface area contributed by atoms with Crippen molar-refractivity contribution in [3.63, 3.8) is 0 Å². The zero-order valence-electron chi connectivity index (χ0n) is 10.8. The van der Waals surface area contributed by atoms with Gasteiger partial charge in [0, 0.05) is 23.4 Å². The molecule has 1 fully saturated rings. The topological polar surface area (TPSA) is 47.3 Å². The lowest BCUT2D eigenvalue weighted by Gasteiger charge is -2.24. The third-order valence-corrected chi connectivity index (χ3v) is 4.82. The minimum absolute atomic E-state index is 0.218. The van der Waals surface area contributed by atoms with Gasteiger partial charge in [0.2, 0.25) is 0 Å². The number of ether oxygens (including phenoxy) is 1. The molecule has 1 aliphatic rings. The molecule has 3 N–H and O–H groups in total. The van der Waals surface area contributed by atoms with Crippen molar-refractivity contribution in [2.24, 2.45) is 0 Å². The van der Waals surface area contributed by atoms with Gasteiger partial charge in [-0.1, -0.05) is 0 Å². The minimum Gasteiger partial charge on any atom is -0.494 e. The highest BCUT2D eigenvalue weighted by Crippen LogP contribution is 2.38. The number of hydrogen-bond donors (Lipinski definition) is 2. The van der Waals surface area contributed by atoms with Crippen LogP contribution in [0.1, 0.15) is 19.8 Å². The number of benzene rings is 1. The van der Waals surface area contributed by atoms with E-state index in [2.05, 4.69) is 12.2 Å². The number of nitrogens with two attached hydrogens (primary N) is 1. The van der Waals surface area contributed by atoms with E-state index < -0.39 is 5.82 Å². The van der Waals surface area contributed by atoms with Crippen LogP contribution in [-0.4, -0.2) is 24.2 Å². The summed E-state index contributed by atoms with van der Waals surface area (Å²) in [6.07, 6.45) is 2.45. The van der Waals surface area contributed by atoms with Crippen molar-refractivity contribution in [1.82, 2.24) is 0 Å². The summed E-state index contributed by atoms with van der Waals surface area (Å²) in [5.41, 5.74) is 6.96. The van der Waals surface area contributed by atoms with Crippen molar-refractivity contribution in [3.8, 4) is 5.75 Å². The lowest BCUT2D eigenvalue weighted by atomic mass is 10.1. The Morgan fingerprint density at radius 3 is 2.94 bits per heavy atom. The molecule has 1 unspecified atom stereocenters. The van der Waals surface area contributed by atoms with Crippen LogP contribution < -0.4 is 15.8 Å². The third kappa shape index (κ3) is 2.83. The van der Waals surface area contributed by atoms with E-state index >= 15 is 0 Å². The van der Waals surface area contributed by atoms with Gasteiger partial charge in [-0.05, 0) is 25.5 Å². The van der Waals surface area contributed by atoms with E-state index in [-0.39, 0.29) is 10.5 Å². The molecule has 1 heterocycles. The molecule has 0 spiro atoms. The summed E-state index contributed by atoms with van der Waals surface area (Å²) in [7, 11) is 1.45. The Labute approximate surface area is 111 Å². The smallest absolute Gasteiger partial charge is 0.167 e. The molecule has 1 aromatic rings. The summed E-state index contributed by atoms with van der Waals surface area (Å²) < 4.78 is 18.6. The average Bonchev–Trinajstić information content (AvgIpc) is 2.76. The quantitative estimate of drug-likeness (QED) is 0.825. The van der Waals surface area contributed by atoms with Gasteiger partial charge in [-0.2, -0.15) is 11.8 Å². The Balaban J connectivity index is 2.09. The lowest BCUT2D eigenvalue weighted by molar-refractivity contribution is 0.387. The van der Waals surface area contributed by atoms with E-state index in [0.717, 1.165) is 12.2 Å². The fraction of sp³-hybridized carbons (Fsp3) is 0.538. The summed E-state index contributed by atoms with van der Waals surface area (Å²) in [5, 5.41) is 3.30. The number of rotatable bonds is 4. The minimum atomic E-state index is -0.429. The van der Waals surface area contributed by atoms with Gasteiger partial charge < -0.3 is 15.8 Å². The van der Waals surface area contributed by atoms with Crippen LogP contribution in [0.25, 0.3) is 0 Å². The third-order valence-electron chi connectivity index (χ3n) is 3.28. The normalized spacial score (nSPS) is 23.1. The van der Waals surface area contributed by atoms with E-state index in [4.69, 9.17) is 10.5 Å². The summed E-state index contributed by atoms with van der Waals surface area (Å²) in [4.78, 5) is 0. The highest BCUT2D eigenvalue weighted by Gasteiger charge is 2.29. The number of nitrogens with one attached hydrogen (secondary N) is 1. The molecule has 0 radical (unpaired) electrons. The molecule has 1 aliphatic heterocycles. The van der Waals surface area contributed by atoms with Gasteiger partial charge in [0.25, 0.3) is 0 Å². The van der Waals surface area contributed by atoms with Crippen LogP contribution >= 0.6 is 11.8 Å². The zero-order valence-corrected chi connectivity index (χ0v) is 11.6. The molecule has 100 valence electrons. The summed E-state index contributed by atoms with van der Waals surface area (Å²) >= 11 is 1.97. The lowest BCUT2D eigenvalue weighted by Crippen LogP contribution is -2.27. The van der Waals surface area contributed by atoms with Gasteiger partial charge >= 0.3 is 0 Å². The number of halogens is 1. The zero-order chi connectivity index (χ0) is 13.2. The maximum Gasteiger partial charge on any atom is 0.167 e. The van der Waals surface area contributed by atoms with E-state index in [9.17, 15) is 4.39 Å². The predicted octanol–water partition coefficient (Wildman–Crippen LogP) is 3.11. The van der Waals surface area contributed by atoms with Crippen LogP contribution in [0, 0.1) is 5.82 Å². The molecule has 18 heavy (non-hydrogen) atoms. The van der Waals surface area contributed by atoms with Gasteiger partial charge in [-0.3, -0.25) is 0 Å². The van der Waals surface area contributed by atoms with Gasteiger partial charge in [-0.15, -0.1) is 0 Å². The molecule has 2 rings (SSSR count). The van der Waals surface area contributed by atoms with E-state index in [0.29, 0.717) is 5.69 Å². The summed E-state index contributed by atoms with van der Waals surface area (Å²) in [6, 6.07) is 2.92. The van der Waals surface area contributed by atoms with E-state index in [1.807, 2.05) is 11.8 Å². The number of thioether (sulfide) groups is 1. The fourth-order valence-corrected chi connectivity index (χ4v) is 3.38. The molecule has 0 aliphatic carbocycles. The number of methoxy groups -OCH3 is 1. The first-order chi connectivity index (χ1) is 8.54. The SMILES string of the molecule is COc1cc(NCC2(C)CCCS2)c(N)cc1F. The number of nitrogen functional groups attached to an aromatic ring is 1. The van der Waals surface area contributed by atoms with Crippen LogP contribution in [0.15, 0.2) is 12.1 Å². The van der Waals surface area contributed by atoms with Crippen molar-refractivity contribution in [2.45, 2.75) is 24.5 Å². The molecule has 1 saturated heterocycles. The van der Waals surface area contributed by atoms with Crippen molar-refractivity contribution >= 4 is 23.1 Å². The maximum absolute atomic E-state index is 13.4. The highest BCUT2D eigenvalue weighted by atomic mass is 32.2. The standard InChI is InChI=1S/C13H19FN2OS/c1-13(4-3-5-18-13)8-16-11-7-12(17-2)9(14)6-10(11)15/h6-7,16H,3-5,8,15H2,1-2H3. The van der Waals surface area contributed by atoms with Gasteiger partial charge in [0.1, 0.15) is 0 Å². The largest absolute Gasteiger partial charge is 0.494 e. The summed E-state index contributed by atoms with van der Waals surface area (Å²) in [5.74, 6) is 0.998. The van der Waals surface area contributed by atoms with Crippen molar-refractivity contribution < 1.29 is 9.13 Å². The van der Waals surface area contributed by atoms with Gasteiger partial charge in [-0.25, -0.2) is 4.39 Å². The van der Waals surface area contributed by atoms with Crippen LogP contribution in [0.4, 0.5) is 15.8 Å². The van der Waals surface area contributed by atoms with Crippen molar-refractivity contribution in [3.05, 3.63) is 17.9 Å². The van der Waals surface area contributed by atoms with Crippen molar-refractivity contribution in [2.75, 3.05) is 30.5 Å². The van der Waals surface area contributed by atoms with Crippen LogP contribution in [0.3, 0.4) is 0 Å². The molecule has 5 heteroatoms. The number of hydrogen-bond acceptors (Lipinski definition) is 4. The van der Waals surface area contributed by atoms with E-state index in [1.54, 1.807) is 6.07 Å². The second-order valence-corrected chi connectivity index (χ2v) is 6.51. The number of anilines is 2. The average molecular weight is 270 g/mol. The monoisotopic (exact) mass is 270 g/mol. The highest BCUT2D eigenvalue weighted by molar-refractivity contribution is 8.00. The van der Waals surface area contributed by atoms with Crippen LogP contribution in [0.2, 0.25) is 0 Å². The second kappa shape index (κ2) is 5.26. The van der Waals surface area contributed by atoms with Crippen molar-refractivity contribution in [1.29, 1.82) is 0 Å². The molecule has 1 atom stereocenters. The Morgan fingerprint density at radius 1 is 1.56 bits per heavy atom. The first-order valence-corrected chi connectivity index (χ1v) is 7.03. The molecule has 0 amide bonds. The summed E-state index contributed by atoms with van der Waals surface area (Å²) in [6.45, 7) is 3.07. The molecule has 0 aromatic heterocycles. The molecular weight excluding hydrogens is 251 g/mol. The Hall–Kier alpha value is -1.10. The van der Waals surface area contributed by atoms with Crippen LogP contribution in [-0.2, 0) is 0 Å². The van der Waals surface area contributed by atoms with Gasteiger partial charge in [0.05, 0.1) is 18.5 Å². The first kappa shape index (κ1) is 13.3. The Kier molecular flexibility index (Phi) is 3.90. The molecule has 0 bridgehead atoms. The molecule has 0 saturated carbocycles. The van der Waals surface area contributed by atoms with Crippen LogP contribution in [0.5, 0.6) is 5.75 Å². The fourth-order valence-electron chi connectivity index (χ4n) is 2.14. The van der Waals surface area contributed by atoms with Gasteiger partial charge in [0.15, 0.2) is 11.6 Å². The molecule has 1 aromatic carbocycles. The Bertz CT molecular complexity index is 433. The maximum atomic E-state index is 13.4. The predicted molar refractivity (Wildman–Crippen MR) is 76.0 cm³/mol. The Morgan fingerprint density at radius 2 is 2.33 bits per heavy atom. The molecular formula is C13H19FN2OS. The van der Waals surface area contributed by atoms with E-state index in [1.165, 1.54) is 31.8 Å². The first-order valence-electron chi connectivity index (χ1n) is 6.05. The second-order valence-electron chi connectivity index (χ2n) is 4.83.